The maximum atomic E-state index is 12.2. The van der Waals surface area contributed by atoms with Crippen molar-refractivity contribution in [3.05, 3.63) is 40.7 Å². The predicted octanol–water partition coefficient (Wildman–Crippen LogP) is 1.67. The molecule has 2 aromatic rings. The third-order valence-electron chi connectivity index (χ3n) is 2.63. The van der Waals surface area contributed by atoms with E-state index in [0.717, 1.165) is 5.56 Å². The Morgan fingerprint density at radius 2 is 2.24 bits per heavy atom. The standard InChI is InChI=1S/C15H15N3O3/c1-10-6-7-13(12(9-10)5-3-4-8-19)14(20)17-15-16-11(2)18-21-15/h6-7,9,19H,4,8H2,1-2H3,(H,16,17,18,20). The molecule has 0 aliphatic rings. The van der Waals surface area contributed by atoms with Gasteiger partial charge in [-0.3, -0.25) is 10.1 Å². The molecule has 0 unspecified atom stereocenters. The average molecular weight is 285 g/mol. The molecule has 6 heteroatoms. The predicted molar refractivity (Wildman–Crippen MR) is 76.7 cm³/mol. The summed E-state index contributed by atoms with van der Waals surface area (Å²) in [6.45, 7) is 3.57. The van der Waals surface area contributed by atoms with E-state index in [2.05, 4.69) is 27.3 Å². The first-order chi connectivity index (χ1) is 10.1. The third kappa shape index (κ3) is 3.91. The Bertz CT molecular complexity index is 710. The number of carbonyl (C=O) groups excluding carboxylic acids is 1. The quantitative estimate of drug-likeness (QED) is 0.837. The summed E-state index contributed by atoms with van der Waals surface area (Å²) in [6.07, 6.45) is 0.359. The number of amides is 1. The first-order valence-electron chi connectivity index (χ1n) is 6.42. The highest BCUT2D eigenvalue weighted by molar-refractivity contribution is 6.05. The largest absolute Gasteiger partial charge is 0.395 e. The van der Waals surface area contributed by atoms with Gasteiger partial charge in [-0.1, -0.05) is 23.1 Å². The molecule has 1 aromatic heterocycles. The Morgan fingerprint density at radius 3 is 2.90 bits per heavy atom. The number of aliphatic hydroxyl groups is 1. The molecule has 108 valence electrons. The van der Waals surface area contributed by atoms with Crippen LogP contribution in [-0.4, -0.2) is 27.8 Å². The maximum Gasteiger partial charge on any atom is 0.328 e. The molecule has 1 heterocycles. The molecule has 0 aliphatic carbocycles. The molecular weight excluding hydrogens is 270 g/mol. The summed E-state index contributed by atoms with van der Waals surface area (Å²) >= 11 is 0. The van der Waals surface area contributed by atoms with Crippen LogP contribution in [0.15, 0.2) is 22.7 Å². The fourth-order valence-electron chi connectivity index (χ4n) is 1.69. The number of rotatable bonds is 3. The number of nitrogens with zero attached hydrogens (tertiary/aromatic N) is 2. The van der Waals surface area contributed by atoms with Gasteiger partial charge in [0, 0.05) is 12.0 Å². The summed E-state index contributed by atoms with van der Waals surface area (Å²) in [4.78, 5) is 16.2. The van der Waals surface area contributed by atoms with Crippen LogP contribution in [0.5, 0.6) is 0 Å². The summed E-state index contributed by atoms with van der Waals surface area (Å²) in [5.41, 5.74) is 2.01. The van der Waals surface area contributed by atoms with Gasteiger partial charge >= 0.3 is 6.01 Å². The first-order valence-corrected chi connectivity index (χ1v) is 6.42. The van der Waals surface area contributed by atoms with Gasteiger partial charge in [0.2, 0.25) is 0 Å². The number of carbonyl (C=O) groups is 1. The smallest absolute Gasteiger partial charge is 0.328 e. The first kappa shape index (κ1) is 14.8. The highest BCUT2D eigenvalue weighted by Gasteiger charge is 2.13. The van der Waals surface area contributed by atoms with Crippen molar-refractivity contribution in [2.45, 2.75) is 20.3 Å². The van der Waals surface area contributed by atoms with Crippen molar-refractivity contribution in [2.24, 2.45) is 0 Å². The zero-order chi connectivity index (χ0) is 15.2. The fraction of sp³-hybridized carbons (Fsp3) is 0.267. The summed E-state index contributed by atoms with van der Waals surface area (Å²) in [5.74, 6) is 5.77. The van der Waals surface area contributed by atoms with Gasteiger partial charge in [0.1, 0.15) is 0 Å². The van der Waals surface area contributed by atoms with Crippen LogP contribution in [0.2, 0.25) is 0 Å². The van der Waals surface area contributed by atoms with Crippen molar-refractivity contribution in [3.63, 3.8) is 0 Å². The van der Waals surface area contributed by atoms with Crippen LogP contribution in [0.25, 0.3) is 0 Å². The van der Waals surface area contributed by atoms with Crippen molar-refractivity contribution in [1.29, 1.82) is 0 Å². The maximum absolute atomic E-state index is 12.2. The van der Waals surface area contributed by atoms with Crippen molar-refractivity contribution in [1.82, 2.24) is 10.1 Å². The second-order valence-electron chi connectivity index (χ2n) is 4.43. The van der Waals surface area contributed by atoms with Crippen molar-refractivity contribution in [3.8, 4) is 11.8 Å². The lowest BCUT2D eigenvalue weighted by atomic mass is 10.0. The van der Waals surface area contributed by atoms with Gasteiger partial charge in [0.25, 0.3) is 5.91 Å². The number of anilines is 1. The number of aliphatic hydroxyl groups excluding tert-OH is 1. The van der Waals surface area contributed by atoms with Crippen LogP contribution in [0.3, 0.4) is 0 Å². The molecule has 0 radical (unpaired) electrons. The van der Waals surface area contributed by atoms with E-state index >= 15 is 0 Å². The minimum atomic E-state index is -0.369. The van der Waals surface area contributed by atoms with Gasteiger partial charge in [-0.15, -0.1) is 0 Å². The minimum absolute atomic E-state index is 0.0123. The third-order valence-corrected chi connectivity index (χ3v) is 2.63. The number of benzene rings is 1. The Labute approximate surface area is 122 Å². The average Bonchev–Trinajstić information content (AvgIpc) is 2.84. The zero-order valence-electron chi connectivity index (χ0n) is 11.8. The molecule has 0 aliphatic heterocycles. The molecule has 0 bridgehead atoms. The Balaban J connectivity index is 2.26. The Morgan fingerprint density at radius 1 is 1.43 bits per heavy atom. The van der Waals surface area contributed by atoms with Gasteiger partial charge < -0.3 is 9.63 Å². The van der Waals surface area contributed by atoms with Gasteiger partial charge in [0.05, 0.1) is 12.2 Å². The molecule has 0 fully saturated rings. The van der Waals surface area contributed by atoms with E-state index in [1.165, 1.54) is 0 Å². The zero-order valence-corrected chi connectivity index (χ0v) is 11.8. The van der Waals surface area contributed by atoms with E-state index in [9.17, 15) is 4.79 Å². The lowest BCUT2D eigenvalue weighted by Crippen LogP contribution is -2.14. The van der Waals surface area contributed by atoms with E-state index < -0.39 is 0 Å². The molecule has 0 saturated carbocycles. The van der Waals surface area contributed by atoms with E-state index in [4.69, 9.17) is 9.63 Å². The molecule has 2 N–H and O–H groups in total. The molecule has 1 amide bonds. The molecule has 1 aromatic carbocycles. The summed E-state index contributed by atoms with van der Waals surface area (Å²) in [5, 5.41) is 14.9. The van der Waals surface area contributed by atoms with E-state index in [1.807, 2.05) is 19.1 Å². The molecule has 0 saturated heterocycles. The molecular formula is C15H15N3O3. The van der Waals surface area contributed by atoms with Gasteiger partial charge in [-0.25, -0.2) is 0 Å². The highest BCUT2D eigenvalue weighted by atomic mass is 16.5. The van der Waals surface area contributed by atoms with Crippen LogP contribution in [0.1, 0.15) is 33.7 Å². The summed E-state index contributed by atoms with van der Waals surface area (Å²) < 4.78 is 4.86. The van der Waals surface area contributed by atoms with Gasteiger partial charge in [0.15, 0.2) is 5.82 Å². The van der Waals surface area contributed by atoms with Crippen LogP contribution >= 0.6 is 0 Å². The molecule has 2 rings (SSSR count). The van der Waals surface area contributed by atoms with Crippen molar-refractivity contribution in [2.75, 3.05) is 11.9 Å². The van der Waals surface area contributed by atoms with Crippen LogP contribution < -0.4 is 5.32 Å². The normalized spacial score (nSPS) is 9.86. The van der Waals surface area contributed by atoms with Crippen molar-refractivity contribution >= 4 is 11.9 Å². The monoisotopic (exact) mass is 285 g/mol. The second-order valence-corrected chi connectivity index (χ2v) is 4.43. The van der Waals surface area contributed by atoms with Crippen LogP contribution in [0, 0.1) is 25.7 Å². The lowest BCUT2D eigenvalue weighted by molar-refractivity contribution is 0.102. The topological polar surface area (TPSA) is 88.3 Å². The van der Waals surface area contributed by atoms with E-state index in [-0.39, 0.29) is 18.5 Å². The van der Waals surface area contributed by atoms with Crippen molar-refractivity contribution < 1.29 is 14.4 Å². The molecule has 21 heavy (non-hydrogen) atoms. The number of hydrogen-bond acceptors (Lipinski definition) is 5. The summed E-state index contributed by atoms with van der Waals surface area (Å²) in [7, 11) is 0. The number of aryl methyl sites for hydroxylation is 2. The molecule has 0 spiro atoms. The van der Waals surface area contributed by atoms with Crippen LogP contribution in [0.4, 0.5) is 6.01 Å². The van der Waals surface area contributed by atoms with Crippen LogP contribution in [-0.2, 0) is 0 Å². The van der Waals surface area contributed by atoms with Gasteiger partial charge in [-0.2, -0.15) is 4.98 Å². The van der Waals surface area contributed by atoms with Gasteiger partial charge in [-0.05, 0) is 31.5 Å². The Hall–Kier alpha value is -2.65. The second kappa shape index (κ2) is 6.68. The lowest BCUT2D eigenvalue weighted by Gasteiger charge is -2.04. The fourth-order valence-corrected chi connectivity index (χ4v) is 1.69. The highest BCUT2D eigenvalue weighted by Crippen LogP contribution is 2.13. The molecule has 0 atom stereocenters. The van der Waals surface area contributed by atoms with E-state index in [0.29, 0.717) is 23.4 Å². The number of nitrogens with one attached hydrogen (secondary N) is 1. The van der Waals surface area contributed by atoms with E-state index in [1.54, 1.807) is 13.0 Å². The Kier molecular flexibility index (Phi) is 4.69. The molecule has 6 nitrogen and oxygen atoms in total. The number of aromatic nitrogens is 2. The SMILES string of the molecule is Cc1ccc(C(=O)Nc2nc(C)no2)c(C#CCCO)c1. The number of hydrogen-bond donors (Lipinski definition) is 2. The minimum Gasteiger partial charge on any atom is -0.395 e. The summed E-state index contributed by atoms with van der Waals surface area (Å²) in [6, 6.07) is 5.38.